The number of nitrogens with one attached hydrogen (secondary N) is 2. The van der Waals surface area contributed by atoms with Gasteiger partial charge in [0, 0.05) is 5.56 Å². The number of anilines is 1. The summed E-state index contributed by atoms with van der Waals surface area (Å²) in [7, 11) is 0. The molecule has 1 aromatic heterocycles. The molecule has 0 unspecified atom stereocenters. The summed E-state index contributed by atoms with van der Waals surface area (Å²) < 4.78 is 0. The minimum Gasteiger partial charge on any atom is -0.310 e. The highest BCUT2D eigenvalue weighted by atomic mass is 32.2. The molecular weight excluding hydrogens is 240 g/mol. The van der Waals surface area contributed by atoms with Gasteiger partial charge in [-0.05, 0) is 6.26 Å². The first-order valence-corrected chi connectivity index (χ1v) is 6.62. The van der Waals surface area contributed by atoms with Crippen LogP contribution in [-0.4, -0.2) is 21.6 Å². The van der Waals surface area contributed by atoms with Crippen LogP contribution >= 0.6 is 23.1 Å². The lowest BCUT2D eigenvalue weighted by atomic mass is 10.2. The van der Waals surface area contributed by atoms with Crippen molar-refractivity contribution >= 4 is 33.4 Å². The minimum absolute atomic E-state index is 0.371. The second kappa shape index (κ2) is 5.09. The normalized spacial score (nSPS) is 10.1. The monoisotopic (exact) mass is 250 g/mol. The summed E-state index contributed by atoms with van der Waals surface area (Å²) in [6, 6.07) is 9.88. The number of hydrogen-bond donors (Lipinski definition) is 2. The van der Waals surface area contributed by atoms with E-state index in [1.807, 2.05) is 36.6 Å². The molecule has 1 heterocycles. The van der Waals surface area contributed by atoms with Crippen molar-refractivity contribution in [2.75, 3.05) is 11.6 Å². The van der Waals surface area contributed by atoms with Crippen molar-refractivity contribution < 1.29 is 0 Å². The van der Waals surface area contributed by atoms with Gasteiger partial charge in [0.15, 0.2) is 5.17 Å². The van der Waals surface area contributed by atoms with E-state index >= 15 is 0 Å². The van der Waals surface area contributed by atoms with Gasteiger partial charge in [-0.1, -0.05) is 53.4 Å². The molecule has 0 saturated carbocycles. The second-order valence-corrected chi connectivity index (χ2v) is 4.73. The van der Waals surface area contributed by atoms with Gasteiger partial charge in [-0.3, -0.25) is 5.41 Å². The Hall–Kier alpha value is -1.40. The third kappa shape index (κ3) is 2.59. The summed E-state index contributed by atoms with van der Waals surface area (Å²) in [4.78, 5) is 0. The van der Waals surface area contributed by atoms with Gasteiger partial charge in [0.25, 0.3) is 0 Å². The van der Waals surface area contributed by atoms with Crippen LogP contribution in [0.3, 0.4) is 0 Å². The molecule has 0 radical (unpaired) electrons. The van der Waals surface area contributed by atoms with E-state index in [1.165, 1.54) is 23.1 Å². The second-order valence-electron chi connectivity index (χ2n) is 2.94. The third-order valence-electron chi connectivity index (χ3n) is 1.87. The Kier molecular flexibility index (Phi) is 3.53. The zero-order chi connectivity index (χ0) is 11.4. The van der Waals surface area contributed by atoms with Crippen LogP contribution in [0.4, 0.5) is 5.13 Å². The van der Waals surface area contributed by atoms with E-state index < -0.39 is 0 Å². The summed E-state index contributed by atoms with van der Waals surface area (Å²) >= 11 is 2.78. The van der Waals surface area contributed by atoms with Gasteiger partial charge in [0.2, 0.25) is 5.13 Å². The summed E-state index contributed by atoms with van der Waals surface area (Å²) in [5.41, 5.74) is 1.05. The summed E-state index contributed by atoms with van der Waals surface area (Å²) in [5.74, 6) is 0. The van der Waals surface area contributed by atoms with Crippen molar-refractivity contribution in [3.8, 4) is 10.6 Å². The summed E-state index contributed by atoms with van der Waals surface area (Å²) in [6.45, 7) is 0. The number of thioether (sulfide) groups is 1. The molecule has 2 rings (SSSR count). The summed E-state index contributed by atoms with van der Waals surface area (Å²) in [6.07, 6.45) is 1.84. The average molecular weight is 250 g/mol. The SMILES string of the molecule is CSC(=N)Nc1nnc(-c2ccccc2)s1. The number of aromatic nitrogens is 2. The molecule has 0 amide bonds. The van der Waals surface area contributed by atoms with E-state index in [4.69, 9.17) is 5.41 Å². The zero-order valence-corrected chi connectivity index (χ0v) is 10.2. The Morgan fingerprint density at radius 2 is 2.06 bits per heavy atom. The average Bonchev–Trinajstić information content (AvgIpc) is 2.78. The van der Waals surface area contributed by atoms with Crippen molar-refractivity contribution in [3.05, 3.63) is 30.3 Å². The highest BCUT2D eigenvalue weighted by molar-refractivity contribution is 8.13. The van der Waals surface area contributed by atoms with E-state index in [2.05, 4.69) is 15.5 Å². The Labute approximate surface area is 102 Å². The number of amidine groups is 1. The van der Waals surface area contributed by atoms with Gasteiger partial charge in [-0.2, -0.15) is 0 Å². The van der Waals surface area contributed by atoms with E-state index in [-0.39, 0.29) is 0 Å². The minimum atomic E-state index is 0.371. The number of rotatable bonds is 2. The van der Waals surface area contributed by atoms with Crippen LogP contribution in [-0.2, 0) is 0 Å². The van der Waals surface area contributed by atoms with Crippen LogP contribution in [0.1, 0.15) is 0 Å². The summed E-state index contributed by atoms with van der Waals surface area (Å²) in [5, 5.41) is 20.3. The van der Waals surface area contributed by atoms with Crippen LogP contribution in [0, 0.1) is 5.41 Å². The van der Waals surface area contributed by atoms with Crippen LogP contribution in [0.25, 0.3) is 10.6 Å². The molecule has 0 aliphatic rings. The van der Waals surface area contributed by atoms with Crippen molar-refractivity contribution in [1.29, 1.82) is 5.41 Å². The highest BCUT2D eigenvalue weighted by Gasteiger charge is 2.06. The Morgan fingerprint density at radius 1 is 1.31 bits per heavy atom. The number of nitrogens with zero attached hydrogens (tertiary/aromatic N) is 2. The van der Waals surface area contributed by atoms with Crippen LogP contribution in [0.5, 0.6) is 0 Å². The van der Waals surface area contributed by atoms with Crippen LogP contribution < -0.4 is 5.32 Å². The van der Waals surface area contributed by atoms with Gasteiger partial charge in [0.1, 0.15) is 5.01 Å². The van der Waals surface area contributed by atoms with Gasteiger partial charge >= 0.3 is 0 Å². The van der Waals surface area contributed by atoms with E-state index in [0.717, 1.165) is 10.6 Å². The van der Waals surface area contributed by atoms with Gasteiger partial charge in [-0.15, -0.1) is 10.2 Å². The molecule has 0 saturated heterocycles. The van der Waals surface area contributed by atoms with Gasteiger partial charge in [-0.25, -0.2) is 0 Å². The molecule has 16 heavy (non-hydrogen) atoms. The van der Waals surface area contributed by atoms with E-state index in [1.54, 1.807) is 0 Å². The van der Waals surface area contributed by atoms with Crippen molar-refractivity contribution in [2.45, 2.75) is 0 Å². The fraction of sp³-hybridized carbons (Fsp3) is 0.100. The predicted octanol–water partition coefficient (Wildman–Crippen LogP) is 2.91. The molecule has 4 nitrogen and oxygen atoms in total. The fourth-order valence-electron chi connectivity index (χ4n) is 1.12. The molecule has 0 spiro atoms. The van der Waals surface area contributed by atoms with Gasteiger partial charge < -0.3 is 5.32 Å². The first-order chi connectivity index (χ1) is 7.79. The topological polar surface area (TPSA) is 61.7 Å². The fourth-order valence-corrected chi connectivity index (χ4v) is 2.14. The van der Waals surface area contributed by atoms with Crippen LogP contribution in [0.15, 0.2) is 30.3 Å². The molecule has 0 bridgehead atoms. The lowest BCUT2D eigenvalue weighted by molar-refractivity contribution is 1.10. The standard InChI is InChI=1S/C10H10N4S2/c1-15-9(11)12-10-14-13-8(16-10)7-5-3-2-4-6-7/h2-6H,1H3,(H2,11,12,14). The molecule has 2 aromatic rings. The molecule has 1 aromatic carbocycles. The molecule has 82 valence electrons. The largest absolute Gasteiger partial charge is 0.310 e. The molecule has 0 aliphatic heterocycles. The first-order valence-electron chi connectivity index (χ1n) is 4.58. The maximum atomic E-state index is 7.48. The van der Waals surface area contributed by atoms with Gasteiger partial charge in [0.05, 0.1) is 0 Å². The number of hydrogen-bond acceptors (Lipinski definition) is 5. The Morgan fingerprint density at radius 3 is 2.75 bits per heavy atom. The molecular formula is C10H10N4S2. The van der Waals surface area contributed by atoms with Crippen molar-refractivity contribution in [3.63, 3.8) is 0 Å². The number of benzene rings is 1. The van der Waals surface area contributed by atoms with Crippen molar-refractivity contribution in [1.82, 2.24) is 10.2 Å². The predicted molar refractivity (Wildman–Crippen MR) is 70.2 cm³/mol. The Bertz CT molecular complexity index is 481. The third-order valence-corrected chi connectivity index (χ3v) is 3.27. The highest BCUT2D eigenvalue weighted by Crippen LogP contribution is 2.26. The smallest absolute Gasteiger partial charge is 0.211 e. The van der Waals surface area contributed by atoms with E-state index in [0.29, 0.717) is 10.3 Å². The molecule has 0 fully saturated rings. The lowest BCUT2D eigenvalue weighted by Crippen LogP contribution is -2.04. The first kappa shape index (κ1) is 11.1. The quantitative estimate of drug-likeness (QED) is 0.635. The molecule has 0 aliphatic carbocycles. The Balaban J connectivity index is 2.17. The molecule has 6 heteroatoms. The molecule has 0 atom stereocenters. The van der Waals surface area contributed by atoms with E-state index in [9.17, 15) is 0 Å². The van der Waals surface area contributed by atoms with Crippen LogP contribution in [0.2, 0.25) is 0 Å². The lowest BCUT2D eigenvalue weighted by Gasteiger charge is -1.97. The maximum absolute atomic E-state index is 7.48. The zero-order valence-electron chi connectivity index (χ0n) is 8.60. The maximum Gasteiger partial charge on any atom is 0.211 e. The molecule has 2 N–H and O–H groups in total. The van der Waals surface area contributed by atoms with Crippen molar-refractivity contribution in [2.24, 2.45) is 0 Å².